The second-order valence-electron chi connectivity index (χ2n) is 6.50. The SMILES string of the molecule is O=c1ccc(C2CC2)nn1CCNS(=O)(=O)c1ccc2ccccc2c1. The summed E-state index contributed by atoms with van der Waals surface area (Å²) in [5, 5.41) is 6.19. The van der Waals surface area contributed by atoms with Crippen molar-refractivity contribution in [3.8, 4) is 0 Å². The van der Waals surface area contributed by atoms with Crippen molar-refractivity contribution in [2.45, 2.75) is 30.2 Å². The fourth-order valence-electron chi connectivity index (χ4n) is 2.93. The lowest BCUT2D eigenvalue weighted by atomic mass is 10.1. The van der Waals surface area contributed by atoms with E-state index in [9.17, 15) is 13.2 Å². The molecule has 0 amide bonds. The predicted octanol–water partition coefficient (Wildman–Crippen LogP) is 2.25. The van der Waals surface area contributed by atoms with Gasteiger partial charge >= 0.3 is 0 Å². The highest BCUT2D eigenvalue weighted by atomic mass is 32.2. The maximum absolute atomic E-state index is 12.5. The Balaban J connectivity index is 1.48. The van der Waals surface area contributed by atoms with Crippen molar-refractivity contribution in [1.82, 2.24) is 14.5 Å². The summed E-state index contributed by atoms with van der Waals surface area (Å²) in [6.45, 7) is 0.308. The number of aromatic nitrogens is 2. The van der Waals surface area contributed by atoms with Gasteiger partial charge in [-0.15, -0.1) is 0 Å². The molecule has 6 nitrogen and oxygen atoms in total. The van der Waals surface area contributed by atoms with Crippen molar-refractivity contribution in [2.75, 3.05) is 6.54 Å². The Bertz CT molecular complexity index is 1120. The number of sulfonamides is 1. The second-order valence-corrected chi connectivity index (χ2v) is 8.27. The van der Waals surface area contributed by atoms with E-state index in [0.29, 0.717) is 5.92 Å². The molecule has 4 rings (SSSR count). The molecule has 1 saturated carbocycles. The van der Waals surface area contributed by atoms with E-state index < -0.39 is 10.0 Å². The van der Waals surface area contributed by atoms with Crippen LogP contribution in [0.1, 0.15) is 24.5 Å². The average Bonchev–Trinajstić information content (AvgIpc) is 3.48. The summed E-state index contributed by atoms with van der Waals surface area (Å²) in [7, 11) is -3.64. The van der Waals surface area contributed by atoms with Crippen molar-refractivity contribution in [1.29, 1.82) is 0 Å². The Kier molecular flexibility index (Phi) is 4.34. The van der Waals surface area contributed by atoms with Gasteiger partial charge < -0.3 is 0 Å². The highest BCUT2D eigenvalue weighted by molar-refractivity contribution is 7.89. The van der Waals surface area contributed by atoms with Gasteiger partial charge in [-0.2, -0.15) is 5.10 Å². The molecule has 0 spiro atoms. The largest absolute Gasteiger partial charge is 0.268 e. The van der Waals surface area contributed by atoms with Gasteiger partial charge in [-0.1, -0.05) is 30.3 Å². The molecule has 0 unspecified atom stereocenters. The molecule has 7 heteroatoms. The van der Waals surface area contributed by atoms with Gasteiger partial charge in [0.15, 0.2) is 0 Å². The third-order valence-corrected chi connectivity index (χ3v) is 5.99. The van der Waals surface area contributed by atoms with Gasteiger partial charge in [-0.3, -0.25) is 4.79 Å². The average molecular weight is 369 g/mol. The van der Waals surface area contributed by atoms with Gasteiger partial charge in [0.25, 0.3) is 5.56 Å². The number of fused-ring (bicyclic) bond motifs is 1. The molecule has 3 aromatic rings. The molecule has 0 saturated heterocycles. The summed E-state index contributed by atoms with van der Waals surface area (Å²) in [4.78, 5) is 12.1. The molecule has 0 bridgehead atoms. The molecule has 1 heterocycles. The fraction of sp³-hybridized carbons (Fsp3) is 0.263. The molecule has 0 atom stereocenters. The minimum Gasteiger partial charge on any atom is -0.268 e. The van der Waals surface area contributed by atoms with Crippen LogP contribution in [0.3, 0.4) is 0 Å². The molecular formula is C19H19N3O3S. The van der Waals surface area contributed by atoms with Crippen LogP contribution in [0.15, 0.2) is 64.3 Å². The minimum absolute atomic E-state index is 0.107. The molecule has 1 aliphatic carbocycles. The van der Waals surface area contributed by atoms with E-state index in [1.54, 1.807) is 24.3 Å². The van der Waals surface area contributed by atoms with E-state index in [1.807, 2.05) is 24.3 Å². The molecule has 26 heavy (non-hydrogen) atoms. The van der Waals surface area contributed by atoms with Crippen LogP contribution in [0.2, 0.25) is 0 Å². The van der Waals surface area contributed by atoms with Gasteiger partial charge in [0.05, 0.1) is 17.1 Å². The smallest absolute Gasteiger partial charge is 0.266 e. The first kappa shape index (κ1) is 16.9. The number of nitrogens with zero attached hydrogens (tertiary/aromatic N) is 2. The van der Waals surface area contributed by atoms with Gasteiger partial charge in [-0.05, 0) is 41.8 Å². The summed E-state index contributed by atoms with van der Waals surface area (Å²) in [6, 6.07) is 15.9. The zero-order valence-electron chi connectivity index (χ0n) is 14.1. The van der Waals surface area contributed by atoms with Crippen molar-refractivity contribution < 1.29 is 8.42 Å². The van der Waals surface area contributed by atoms with Gasteiger partial charge in [0.2, 0.25) is 10.0 Å². The summed E-state index contributed by atoms with van der Waals surface area (Å²) in [5.41, 5.74) is 0.682. The van der Waals surface area contributed by atoms with Crippen molar-refractivity contribution in [3.05, 3.63) is 70.6 Å². The van der Waals surface area contributed by atoms with Crippen LogP contribution >= 0.6 is 0 Å². The first-order valence-electron chi connectivity index (χ1n) is 8.59. The molecule has 134 valence electrons. The Morgan fingerprint density at radius 2 is 1.81 bits per heavy atom. The third kappa shape index (κ3) is 3.54. The molecular weight excluding hydrogens is 350 g/mol. The molecule has 0 aliphatic heterocycles. The monoisotopic (exact) mass is 369 g/mol. The van der Waals surface area contributed by atoms with Crippen LogP contribution in [0.4, 0.5) is 0 Å². The molecule has 1 fully saturated rings. The molecule has 1 aliphatic rings. The lowest BCUT2D eigenvalue weighted by Crippen LogP contribution is -2.32. The Morgan fingerprint density at radius 3 is 2.58 bits per heavy atom. The maximum Gasteiger partial charge on any atom is 0.266 e. The summed E-state index contributed by atoms with van der Waals surface area (Å²) in [6.07, 6.45) is 2.19. The number of rotatable bonds is 6. The van der Waals surface area contributed by atoms with Crippen LogP contribution in [0.5, 0.6) is 0 Å². The zero-order valence-corrected chi connectivity index (χ0v) is 14.9. The summed E-state index contributed by atoms with van der Waals surface area (Å²) in [5.74, 6) is 0.441. The number of hydrogen-bond donors (Lipinski definition) is 1. The van der Waals surface area contributed by atoms with Crippen LogP contribution in [-0.2, 0) is 16.6 Å². The Labute approximate surface area is 151 Å². The Morgan fingerprint density at radius 1 is 1.04 bits per heavy atom. The first-order chi connectivity index (χ1) is 12.5. The van der Waals surface area contributed by atoms with E-state index in [4.69, 9.17) is 0 Å². The van der Waals surface area contributed by atoms with Gasteiger partial charge in [-0.25, -0.2) is 17.8 Å². The van der Waals surface area contributed by atoms with Gasteiger partial charge in [0, 0.05) is 18.5 Å². The molecule has 2 aromatic carbocycles. The normalized spacial score (nSPS) is 14.6. The van der Waals surface area contributed by atoms with E-state index in [-0.39, 0.29) is 23.5 Å². The quantitative estimate of drug-likeness (QED) is 0.723. The van der Waals surface area contributed by atoms with Crippen LogP contribution < -0.4 is 10.3 Å². The number of hydrogen-bond acceptors (Lipinski definition) is 4. The minimum atomic E-state index is -3.64. The van der Waals surface area contributed by atoms with Gasteiger partial charge in [0.1, 0.15) is 0 Å². The van der Waals surface area contributed by atoms with E-state index >= 15 is 0 Å². The molecule has 0 radical (unpaired) electrons. The van der Waals surface area contributed by atoms with Crippen molar-refractivity contribution >= 4 is 20.8 Å². The van der Waals surface area contributed by atoms with Crippen LogP contribution in [-0.4, -0.2) is 24.7 Å². The van der Waals surface area contributed by atoms with Crippen LogP contribution in [0, 0.1) is 0 Å². The molecule has 1 N–H and O–H groups in total. The van der Waals surface area contributed by atoms with Crippen LogP contribution in [0.25, 0.3) is 10.8 Å². The number of benzene rings is 2. The van der Waals surface area contributed by atoms with E-state index in [2.05, 4.69) is 9.82 Å². The summed E-state index contributed by atoms with van der Waals surface area (Å²) >= 11 is 0. The Hall–Kier alpha value is -2.51. The topological polar surface area (TPSA) is 81.1 Å². The third-order valence-electron chi connectivity index (χ3n) is 4.53. The maximum atomic E-state index is 12.5. The highest BCUT2D eigenvalue weighted by Gasteiger charge is 2.25. The zero-order chi connectivity index (χ0) is 18.1. The van der Waals surface area contributed by atoms with E-state index in [0.717, 1.165) is 29.3 Å². The predicted molar refractivity (Wildman–Crippen MR) is 99.6 cm³/mol. The molecule has 1 aromatic heterocycles. The second kappa shape index (κ2) is 6.66. The fourth-order valence-corrected chi connectivity index (χ4v) is 3.98. The summed E-state index contributed by atoms with van der Waals surface area (Å²) < 4.78 is 28.9. The standard InChI is InChI=1S/C19H19N3O3S/c23-19-10-9-18(15-5-6-15)21-22(19)12-11-20-26(24,25)17-8-7-14-3-1-2-4-16(14)13-17/h1-4,7-10,13,15,20H,5-6,11-12H2. The number of nitrogens with one attached hydrogen (secondary N) is 1. The van der Waals surface area contributed by atoms with Crippen molar-refractivity contribution in [3.63, 3.8) is 0 Å². The lowest BCUT2D eigenvalue weighted by Gasteiger charge is -2.09. The lowest BCUT2D eigenvalue weighted by molar-refractivity contribution is 0.541. The first-order valence-corrected chi connectivity index (χ1v) is 10.1. The highest BCUT2D eigenvalue weighted by Crippen LogP contribution is 2.38. The van der Waals surface area contributed by atoms with Crippen molar-refractivity contribution in [2.24, 2.45) is 0 Å². The van der Waals surface area contributed by atoms with E-state index in [1.165, 1.54) is 10.7 Å².